The maximum atomic E-state index is 12.4. The van der Waals surface area contributed by atoms with Gasteiger partial charge in [0.05, 0.1) is 25.0 Å². The van der Waals surface area contributed by atoms with Gasteiger partial charge < -0.3 is 9.47 Å². The Hall–Kier alpha value is -1.84. The first-order valence-electron chi connectivity index (χ1n) is 11.0. The van der Waals surface area contributed by atoms with E-state index in [9.17, 15) is 9.59 Å². The second-order valence-electron chi connectivity index (χ2n) is 7.30. The van der Waals surface area contributed by atoms with E-state index in [1.54, 1.807) is 0 Å². The lowest BCUT2D eigenvalue weighted by atomic mass is 9.83. The van der Waals surface area contributed by atoms with Gasteiger partial charge in [-0.15, -0.1) is 0 Å². The van der Waals surface area contributed by atoms with Crippen LogP contribution in [0, 0.1) is 11.8 Å². The third-order valence-electron chi connectivity index (χ3n) is 4.80. The number of allylic oxidation sites excluding steroid dienone is 6. The number of hydrogen-bond acceptors (Lipinski definition) is 4. The Morgan fingerprint density at radius 1 is 0.750 bits per heavy atom. The van der Waals surface area contributed by atoms with Crippen LogP contribution in [0.2, 0.25) is 0 Å². The topological polar surface area (TPSA) is 52.6 Å². The number of esters is 2. The zero-order valence-corrected chi connectivity index (χ0v) is 17.7. The van der Waals surface area contributed by atoms with Crippen LogP contribution in [0.25, 0.3) is 0 Å². The minimum absolute atomic E-state index is 0.272. The molecule has 0 N–H and O–H groups in total. The van der Waals surface area contributed by atoms with E-state index in [4.69, 9.17) is 9.47 Å². The van der Waals surface area contributed by atoms with E-state index >= 15 is 0 Å². The van der Waals surface area contributed by atoms with Gasteiger partial charge in [-0.1, -0.05) is 63.1 Å². The van der Waals surface area contributed by atoms with Crippen molar-refractivity contribution in [1.82, 2.24) is 0 Å². The van der Waals surface area contributed by atoms with Crippen LogP contribution in [0.15, 0.2) is 36.5 Å². The second-order valence-corrected chi connectivity index (χ2v) is 7.30. The summed E-state index contributed by atoms with van der Waals surface area (Å²) in [5.74, 6) is -1.38. The van der Waals surface area contributed by atoms with Crippen LogP contribution in [0.5, 0.6) is 0 Å². The molecule has 0 amide bonds. The Bertz CT molecular complexity index is 473. The van der Waals surface area contributed by atoms with Crippen molar-refractivity contribution < 1.29 is 19.1 Å². The quantitative estimate of drug-likeness (QED) is 0.210. The van der Waals surface area contributed by atoms with Gasteiger partial charge >= 0.3 is 11.9 Å². The highest BCUT2D eigenvalue weighted by Gasteiger charge is 2.36. The minimum Gasteiger partial charge on any atom is -0.465 e. The van der Waals surface area contributed by atoms with E-state index in [0.717, 1.165) is 51.4 Å². The average molecular weight is 391 g/mol. The molecule has 0 aliphatic heterocycles. The fourth-order valence-electron chi connectivity index (χ4n) is 3.10. The predicted molar refractivity (Wildman–Crippen MR) is 114 cm³/mol. The molecule has 0 aromatic carbocycles. The summed E-state index contributed by atoms with van der Waals surface area (Å²) in [6, 6.07) is 0. The number of carbonyl (C=O) groups is 2. The summed E-state index contributed by atoms with van der Waals surface area (Å²) in [6.07, 6.45) is 21.6. The van der Waals surface area contributed by atoms with E-state index in [2.05, 4.69) is 38.2 Å². The van der Waals surface area contributed by atoms with Crippen molar-refractivity contribution >= 4 is 11.9 Å². The van der Waals surface area contributed by atoms with Crippen molar-refractivity contribution in [2.75, 3.05) is 13.2 Å². The van der Waals surface area contributed by atoms with E-state index < -0.39 is 11.8 Å². The van der Waals surface area contributed by atoms with Crippen molar-refractivity contribution in [3.05, 3.63) is 36.5 Å². The molecule has 0 aromatic heterocycles. The van der Waals surface area contributed by atoms with Crippen LogP contribution < -0.4 is 0 Å². The highest BCUT2D eigenvalue weighted by atomic mass is 16.5. The third-order valence-corrected chi connectivity index (χ3v) is 4.80. The molecule has 28 heavy (non-hydrogen) atoms. The number of unbranched alkanes of at least 4 members (excludes halogenated alkanes) is 4. The van der Waals surface area contributed by atoms with Crippen molar-refractivity contribution in [1.29, 1.82) is 0 Å². The van der Waals surface area contributed by atoms with Gasteiger partial charge in [0, 0.05) is 0 Å². The second kappa shape index (κ2) is 16.1. The molecule has 158 valence electrons. The molecule has 4 heteroatoms. The Kier molecular flexibility index (Phi) is 14.0. The monoisotopic (exact) mass is 390 g/mol. The van der Waals surface area contributed by atoms with Gasteiger partial charge in [0.15, 0.2) is 0 Å². The minimum atomic E-state index is -0.419. The van der Waals surface area contributed by atoms with E-state index in [-0.39, 0.29) is 11.9 Å². The van der Waals surface area contributed by atoms with Gasteiger partial charge in [0.25, 0.3) is 0 Å². The van der Waals surface area contributed by atoms with Crippen LogP contribution in [0.3, 0.4) is 0 Å². The van der Waals surface area contributed by atoms with Crippen molar-refractivity contribution in [3.8, 4) is 0 Å². The van der Waals surface area contributed by atoms with Crippen LogP contribution in [-0.4, -0.2) is 25.2 Å². The van der Waals surface area contributed by atoms with E-state index in [1.165, 1.54) is 0 Å². The summed E-state index contributed by atoms with van der Waals surface area (Å²) in [5.41, 5.74) is 0. The van der Waals surface area contributed by atoms with Crippen molar-refractivity contribution in [3.63, 3.8) is 0 Å². The summed E-state index contributed by atoms with van der Waals surface area (Å²) >= 11 is 0. The highest BCUT2D eigenvalue weighted by Crippen LogP contribution is 2.28. The Morgan fingerprint density at radius 3 is 1.54 bits per heavy atom. The van der Waals surface area contributed by atoms with Gasteiger partial charge in [-0.3, -0.25) is 9.59 Å². The van der Waals surface area contributed by atoms with E-state index in [1.807, 2.05) is 12.2 Å². The van der Waals surface area contributed by atoms with Gasteiger partial charge in [-0.25, -0.2) is 0 Å². The molecule has 0 saturated carbocycles. The zero-order chi connectivity index (χ0) is 20.5. The molecule has 0 aromatic rings. The normalized spacial score (nSPS) is 19.4. The molecule has 0 fully saturated rings. The smallest absolute Gasteiger partial charge is 0.310 e. The standard InChI is InChI=1S/C24H38O4/c1-3-5-7-9-11-15-19-27-23(25)21-17-13-14-18-22(21)24(26)28-20-16-12-10-8-6-4-2/h7-10,13-14,21-22H,3-6,11-12,15-20H2,1-2H3/b9-7+,10-8+. The Balaban J connectivity index is 2.32. The lowest BCUT2D eigenvalue weighted by Gasteiger charge is -2.25. The molecule has 0 bridgehead atoms. The van der Waals surface area contributed by atoms with Gasteiger partial charge in [0.2, 0.25) is 0 Å². The maximum absolute atomic E-state index is 12.4. The lowest BCUT2D eigenvalue weighted by molar-refractivity contribution is -0.161. The molecule has 2 atom stereocenters. The van der Waals surface area contributed by atoms with Crippen molar-refractivity contribution in [2.45, 2.75) is 78.1 Å². The van der Waals surface area contributed by atoms with E-state index in [0.29, 0.717) is 26.1 Å². The largest absolute Gasteiger partial charge is 0.465 e. The predicted octanol–water partition coefficient (Wildman–Crippen LogP) is 5.93. The van der Waals surface area contributed by atoms with Gasteiger partial charge in [0.1, 0.15) is 0 Å². The molecule has 0 heterocycles. The summed E-state index contributed by atoms with van der Waals surface area (Å²) in [5, 5.41) is 0. The molecule has 1 rings (SSSR count). The average Bonchev–Trinajstić information content (AvgIpc) is 2.72. The zero-order valence-electron chi connectivity index (χ0n) is 17.7. The highest BCUT2D eigenvalue weighted by molar-refractivity contribution is 5.82. The van der Waals surface area contributed by atoms with Crippen LogP contribution >= 0.6 is 0 Å². The molecule has 2 unspecified atom stereocenters. The number of ether oxygens (including phenoxy) is 2. The Morgan fingerprint density at radius 2 is 1.14 bits per heavy atom. The third kappa shape index (κ3) is 10.5. The Labute approximate surface area is 171 Å². The molecule has 0 saturated heterocycles. The fourth-order valence-corrected chi connectivity index (χ4v) is 3.10. The first-order chi connectivity index (χ1) is 13.7. The molecule has 0 radical (unpaired) electrons. The lowest BCUT2D eigenvalue weighted by Crippen LogP contribution is -2.34. The molecule has 0 spiro atoms. The number of hydrogen-bond donors (Lipinski definition) is 0. The van der Waals surface area contributed by atoms with Gasteiger partial charge in [-0.05, 0) is 51.4 Å². The summed E-state index contributed by atoms with van der Waals surface area (Å²) in [4.78, 5) is 24.9. The number of rotatable bonds is 14. The summed E-state index contributed by atoms with van der Waals surface area (Å²) in [6.45, 7) is 5.11. The molecular weight excluding hydrogens is 352 g/mol. The SMILES string of the molecule is CCC/C=C/CCCOC(=O)C1CC=CCC1C(=O)OCCC/C=C/CCC. The van der Waals surface area contributed by atoms with Crippen LogP contribution in [0.4, 0.5) is 0 Å². The first-order valence-corrected chi connectivity index (χ1v) is 11.0. The molecule has 1 aliphatic carbocycles. The molecular formula is C24H38O4. The first kappa shape index (κ1) is 24.2. The maximum Gasteiger partial charge on any atom is 0.310 e. The fraction of sp³-hybridized carbons (Fsp3) is 0.667. The molecule has 1 aliphatic rings. The summed E-state index contributed by atoms with van der Waals surface area (Å²) in [7, 11) is 0. The number of carbonyl (C=O) groups excluding carboxylic acids is 2. The van der Waals surface area contributed by atoms with Crippen LogP contribution in [0.1, 0.15) is 78.1 Å². The molecule has 4 nitrogen and oxygen atoms in total. The van der Waals surface area contributed by atoms with Crippen molar-refractivity contribution in [2.24, 2.45) is 11.8 Å². The van der Waals surface area contributed by atoms with Crippen LogP contribution in [-0.2, 0) is 19.1 Å². The summed E-state index contributed by atoms with van der Waals surface area (Å²) < 4.78 is 10.9. The van der Waals surface area contributed by atoms with Gasteiger partial charge in [-0.2, -0.15) is 0 Å².